The minimum atomic E-state index is -1.35. The fraction of sp³-hybridized carbons (Fsp3) is 0.500. The molecule has 1 N–H and O–H groups in total. The molecule has 0 aliphatic carbocycles. The summed E-state index contributed by atoms with van der Waals surface area (Å²) in [5.41, 5.74) is 1.53. The smallest absolute Gasteiger partial charge is 0.118 e. The van der Waals surface area contributed by atoms with Crippen molar-refractivity contribution in [2.75, 3.05) is 13.7 Å². The molecule has 15 heavy (non-hydrogen) atoms. The summed E-state index contributed by atoms with van der Waals surface area (Å²) in [6, 6.07) is 8.02. The number of rotatable bonds is 4. The van der Waals surface area contributed by atoms with E-state index in [0.717, 1.165) is 5.75 Å². The number of ether oxygens (including phenoxy) is 1. The molecule has 0 radical (unpaired) electrons. The number of benzene rings is 1. The fourth-order valence-corrected chi connectivity index (χ4v) is 3.46. The van der Waals surface area contributed by atoms with Crippen LogP contribution < -0.4 is 4.74 Å². The van der Waals surface area contributed by atoms with Crippen molar-refractivity contribution in [3.63, 3.8) is 0 Å². The average Bonchev–Trinajstić information content (AvgIpc) is 2.18. The molecule has 1 aromatic carbocycles. The lowest BCUT2D eigenvalue weighted by Crippen LogP contribution is -2.33. The van der Waals surface area contributed by atoms with Crippen molar-refractivity contribution in [1.29, 1.82) is 0 Å². The molecule has 0 spiro atoms. The Balaban J connectivity index is 2.93. The Kier molecular flexibility index (Phi) is 3.94. The topological polar surface area (TPSA) is 29.5 Å². The van der Waals surface area contributed by atoms with E-state index in [1.807, 2.05) is 12.1 Å². The predicted octanol–water partition coefficient (Wildman–Crippen LogP) is 2.65. The lowest BCUT2D eigenvalue weighted by Gasteiger charge is -2.27. The maximum atomic E-state index is 9.45. The molecule has 0 aromatic heterocycles. The number of methoxy groups -OCH3 is 1. The Morgan fingerprint density at radius 2 is 1.73 bits per heavy atom. The zero-order chi connectivity index (χ0) is 11.5. The van der Waals surface area contributed by atoms with E-state index in [1.54, 1.807) is 7.11 Å². The average molecular weight is 224 g/mol. The lowest BCUT2D eigenvalue weighted by atomic mass is 10.1. The highest BCUT2D eigenvalue weighted by Gasteiger charge is 2.27. The van der Waals surface area contributed by atoms with Crippen molar-refractivity contribution in [3.05, 3.63) is 29.8 Å². The molecule has 2 nitrogen and oxygen atoms in total. The third-order valence-corrected chi connectivity index (χ3v) is 5.35. The highest BCUT2D eigenvalue weighted by Crippen LogP contribution is 2.27. The standard InChI is InChI=1S/C12H20O2Si/c1-14-11-7-5-10(6-8-11)12(9-13)15(2,3)4/h5-8,12-13H,9H2,1-4H3. The summed E-state index contributed by atoms with van der Waals surface area (Å²) in [7, 11) is 0.318. The van der Waals surface area contributed by atoms with Crippen LogP contribution in [0.15, 0.2) is 24.3 Å². The van der Waals surface area contributed by atoms with Gasteiger partial charge in [0.2, 0.25) is 0 Å². The molecule has 0 heterocycles. The predicted molar refractivity (Wildman–Crippen MR) is 66.2 cm³/mol. The summed E-state index contributed by atoms with van der Waals surface area (Å²) in [4.78, 5) is 0. The summed E-state index contributed by atoms with van der Waals surface area (Å²) in [6.45, 7) is 7.07. The molecule has 0 fully saturated rings. The van der Waals surface area contributed by atoms with Gasteiger partial charge in [0.15, 0.2) is 0 Å². The highest BCUT2D eigenvalue weighted by molar-refractivity contribution is 6.77. The SMILES string of the molecule is COc1ccc(C(CO)[Si](C)(C)C)cc1. The van der Waals surface area contributed by atoms with Crippen LogP contribution in [0, 0.1) is 0 Å². The Labute approximate surface area is 92.9 Å². The van der Waals surface area contributed by atoms with E-state index >= 15 is 0 Å². The van der Waals surface area contributed by atoms with Gasteiger partial charge >= 0.3 is 0 Å². The normalized spacial score (nSPS) is 13.7. The van der Waals surface area contributed by atoms with Gasteiger partial charge in [-0.2, -0.15) is 0 Å². The van der Waals surface area contributed by atoms with E-state index in [9.17, 15) is 5.11 Å². The van der Waals surface area contributed by atoms with Gasteiger partial charge in [-0.1, -0.05) is 31.8 Å². The third kappa shape index (κ3) is 3.07. The van der Waals surface area contributed by atoms with Crippen LogP contribution in [0.3, 0.4) is 0 Å². The molecule has 1 atom stereocenters. The van der Waals surface area contributed by atoms with Crippen LogP contribution in [-0.4, -0.2) is 26.9 Å². The van der Waals surface area contributed by atoms with Gasteiger partial charge in [-0.25, -0.2) is 0 Å². The molecule has 3 heteroatoms. The van der Waals surface area contributed by atoms with E-state index < -0.39 is 8.07 Å². The van der Waals surface area contributed by atoms with Gasteiger partial charge in [-0.3, -0.25) is 0 Å². The molecule has 1 unspecified atom stereocenters. The van der Waals surface area contributed by atoms with E-state index in [0.29, 0.717) is 5.54 Å². The molecule has 0 saturated carbocycles. The third-order valence-electron chi connectivity index (χ3n) is 2.75. The lowest BCUT2D eigenvalue weighted by molar-refractivity contribution is 0.290. The monoisotopic (exact) mass is 224 g/mol. The van der Waals surface area contributed by atoms with E-state index in [2.05, 4.69) is 31.8 Å². The van der Waals surface area contributed by atoms with Crippen LogP contribution in [0.1, 0.15) is 11.1 Å². The highest BCUT2D eigenvalue weighted by atomic mass is 28.3. The van der Waals surface area contributed by atoms with E-state index in [-0.39, 0.29) is 6.61 Å². The largest absolute Gasteiger partial charge is 0.497 e. The second kappa shape index (κ2) is 4.81. The quantitative estimate of drug-likeness (QED) is 0.797. The number of aliphatic hydroxyl groups is 1. The molecule has 0 saturated heterocycles. The summed E-state index contributed by atoms with van der Waals surface area (Å²) >= 11 is 0. The maximum Gasteiger partial charge on any atom is 0.118 e. The van der Waals surface area contributed by atoms with E-state index in [1.165, 1.54) is 5.56 Å². The van der Waals surface area contributed by atoms with Crippen molar-refractivity contribution in [1.82, 2.24) is 0 Å². The van der Waals surface area contributed by atoms with Gasteiger partial charge in [0.25, 0.3) is 0 Å². The second-order valence-corrected chi connectivity index (χ2v) is 10.3. The Hall–Kier alpha value is -0.803. The Bertz CT molecular complexity index is 300. The van der Waals surface area contributed by atoms with Crippen molar-refractivity contribution < 1.29 is 9.84 Å². The van der Waals surface area contributed by atoms with Gasteiger partial charge in [-0.15, -0.1) is 0 Å². The van der Waals surface area contributed by atoms with Gasteiger partial charge in [0, 0.05) is 12.1 Å². The van der Waals surface area contributed by atoms with Crippen LogP contribution in [0.5, 0.6) is 5.75 Å². The number of aliphatic hydroxyl groups excluding tert-OH is 1. The summed E-state index contributed by atoms with van der Waals surface area (Å²) < 4.78 is 5.12. The van der Waals surface area contributed by atoms with Gasteiger partial charge < -0.3 is 9.84 Å². The molecule has 0 amide bonds. The molecular weight excluding hydrogens is 204 g/mol. The van der Waals surface area contributed by atoms with Gasteiger partial charge in [0.1, 0.15) is 5.75 Å². The van der Waals surface area contributed by atoms with E-state index in [4.69, 9.17) is 4.74 Å². The van der Waals surface area contributed by atoms with Crippen LogP contribution in [0.25, 0.3) is 0 Å². The van der Waals surface area contributed by atoms with Gasteiger partial charge in [-0.05, 0) is 17.7 Å². The van der Waals surface area contributed by atoms with Crippen molar-refractivity contribution >= 4 is 8.07 Å². The van der Waals surface area contributed by atoms with Crippen molar-refractivity contribution in [2.24, 2.45) is 0 Å². The zero-order valence-corrected chi connectivity index (χ0v) is 10.9. The zero-order valence-electron chi connectivity index (χ0n) is 9.95. The Morgan fingerprint density at radius 3 is 2.07 bits per heavy atom. The molecule has 1 aromatic rings. The van der Waals surface area contributed by atoms with Crippen LogP contribution in [0.4, 0.5) is 0 Å². The van der Waals surface area contributed by atoms with Crippen LogP contribution in [-0.2, 0) is 0 Å². The first-order valence-corrected chi connectivity index (χ1v) is 8.81. The number of hydrogen-bond donors (Lipinski definition) is 1. The minimum absolute atomic E-state index is 0.238. The van der Waals surface area contributed by atoms with Crippen molar-refractivity contribution in [3.8, 4) is 5.75 Å². The summed E-state index contributed by atoms with van der Waals surface area (Å²) in [5.74, 6) is 0.867. The first-order chi connectivity index (χ1) is 6.99. The fourth-order valence-electron chi connectivity index (χ4n) is 1.72. The van der Waals surface area contributed by atoms with Crippen LogP contribution in [0.2, 0.25) is 19.6 Å². The molecule has 0 aliphatic heterocycles. The molecular formula is C12H20O2Si. The Morgan fingerprint density at radius 1 is 1.20 bits per heavy atom. The molecule has 0 aliphatic rings. The first-order valence-electron chi connectivity index (χ1n) is 5.24. The molecule has 84 valence electrons. The molecule has 0 bridgehead atoms. The summed E-state index contributed by atoms with van der Waals surface area (Å²) in [5, 5.41) is 9.45. The van der Waals surface area contributed by atoms with Crippen LogP contribution >= 0.6 is 0 Å². The summed E-state index contributed by atoms with van der Waals surface area (Å²) in [6.07, 6.45) is 0. The van der Waals surface area contributed by atoms with Crippen molar-refractivity contribution in [2.45, 2.75) is 25.2 Å². The first kappa shape index (κ1) is 12.3. The number of hydrogen-bond acceptors (Lipinski definition) is 2. The maximum absolute atomic E-state index is 9.45. The second-order valence-electron chi connectivity index (χ2n) is 4.87. The molecule has 1 rings (SSSR count). The van der Waals surface area contributed by atoms with Gasteiger partial charge in [0.05, 0.1) is 15.2 Å². The minimum Gasteiger partial charge on any atom is -0.497 e.